The van der Waals surface area contributed by atoms with Gasteiger partial charge < -0.3 is 10.2 Å². The maximum absolute atomic E-state index is 3.56. The topological polar surface area (TPSA) is 15.3 Å². The van der Waals surface area contributed by atoms with Crippen molar-refractivity contribution in [3.05, 3.63) is 34.3 Å². The summed E-state index contributed by atoms with van der Waals surface area (Å²) in [5, 5.41) is 3.56. The molecule has 2 nitrogen and oxygen atoms in total. The number of nitrogens with zero attached hydrogens (tertiary/aromatic N) is 1. The maximum atomic E-state index is 3.56. The van der Waals surface area contributed by atoms with E-state index in [-0.39, 0.29) is 0 Å². The Morgan fingerprint density at radius 2 is 2.13 bits per heavy atom. The third kappa shape index (κ3) is 2.80. The first kappa shape index (κ1) is 11.1. The Hall–Kier alpha value is -0.380. The maximum Gasteiger partial charge on any atom is 0.0449 e. The highest BCUT2D eigenvalue weighted by Crippen LogP contribution is 2.19. The number of piperazine rings is 1. The molecule has 1 N–H and O–H groups in total. The Labute approximate surface area is 99.8 Å². The minimum Gasteiger partial charge on any atom is -0.308 e. The van der Waals surface area contributed by atoms with Gasteiger partial charge in [-0.3, -0.25) is 0 Å². The minimum absolute atomic E-state index is 0.492. The van der Waals surface area contributed by atoms with Crippen LogP contribution in [0.2, 0.25) is 0 Å². The van der Waals surface area contributed by atoms with Crippen LogP contribution in [0.4, 0.5) is 0 Å². The molecular formula is C12H17BrN2. The normalized spacial score (nSPS) is 22.9. The lowest BCUT2D eigenvalue weighted by Gasteiger charge is -2.33. The number of hydrogen-bond acceptors (Lipinski definition) is 2. The third-order valence-electron chi connectivity index (χ3n) is 2.98. The van der Waals surface area contributed by atoms with E-state index in [0.29, 0.717) is 6.04 Å². The molecule has 1 aliphatic rings. The highest BCUT2D eigenvalue weighted by molar-refractivity contribution is 9.10. The first-order chi connectivity index (χ1) is 7.29. The molecule has 1 saturated heterocycles. The molecule has 0 saturated carbocycles. The largest absolute Gasteiger partial charge is 0.308 e. The average molecular weight is 269 g/mol. The molecule has 0 bridgehead atoms. The van der Waals surface area contributed by atoms with Crippen molar-refractivity contribution in [3.63, 3.8) is 0 Å². The molecule has 1 fully saturated rings. The number of rotatable bonds is 2. The van der Waals surface area contributed by atoms with Crippen LogP contribution >= 0.6 is 15.9 Å². The van der Waals surface area contributed by atoms with Gasteiger partial charge >= 0.3 is 0 Å². The van der Waals surface area contributed by atoms with Gasteiger partial charge in [-0.05, 0) is 24.2 Å². The zero-order chi connectivity index (χ0) is 10.7. The number of benzene rings is 1. The van der Waals surface area contributed by atoms with E-state index in [1.54, 1.807) is 0 Å². The molecule has 1 aromatic rings. The van der Waals surface area contributed by atoms with Crippen molar-refractivity contribution in [1.82, 2.24) is 10.2 Å². The van der Waals surface area contributed by atoms with Crippen LogP contribution in [0, 0.1) is 0 Å². The van der Waals surface area contributed by atoms with Gasteiger partial charge in [-0.15, -0.1) is 0 Å². The van der Waals surface area contributed by atoms with E-state index >= 15 is 0 Å². The van der Waals surface area contributed by atoms with Gasteiger partial charge in [0.15, 0.2) is 0 Å². The standard InChI is InChI=1S/C12H17BrN2/c1-2-15-8-7-14-12(9-15)10-3-5-11(13)6-4-10/h3-6,12,14H,2,7-9H2,1H3/t12-/m0/s1. The number of hydrogen-bond donors (Lipinski definition) is 1. The van der Waals surface area contributed by atoms with Crippen molar-refractivity contribution in [3.8, 4) is 0 Å². The molecule has 1 heterocycles. The van der Waals surface area contributed by atoms with E-state index in [1.807, 2.05) is 0 Å². The summed E-state index contributed by atoms with van der Waals surface area (Å²) in [4.78, 5) is 2.49. The molecule has 0 spiro atoms. The van der Waals surface area contributed by atoms with Gasteiger partial charge in [0.1, 0.15) is 0 Å². The van der Waals surface area contributed by atoms with Crippen molar-refractivity contribution in [1.29, 1.82) is 0 Å². The summed E-state index contributed by atoms with van der Waals surface area (Å²) in [6.45, 7) is 6.76. The van der Waals surface area contributed by atoms with Gasteiger partial charge in [0.2, 0.25) is 0 Å². The van der Waals surface area contributed by atoms with Crippen LogP contribution in [-0.4, -0.2) is 31.1 Å². The number of nitrogens with one attached hydrogen (secondary N) is 1. The van der Waals surface area contributed by atoms with E-state index in [2.05, 4.69) is 57.3 Å². The monoisotopic (exact) mass is 268 g/mol. The molecule has 0 aromatic heterocycles. The predicted octanol–water partition coefficient (Wildman–Crippen LogP) is 2.42. The lowest BCUT2D eigenvalue weighted by Crippen LogP contribution is -2.45. The second-order valence-electron chi connectivity index (χ2n) is 3.95. The summed E-state index contributed by atoms with van der Waals surface area (Å²) in [6.07, 6.45) is 0. The van der Waals surface area contributed by atoms with Crippen LogP contribution in [0.15, 0.2) is 28.7 Å². The molecule has 1 atom stereocenters. The molecule has 0 amide bonds. The molecule has 0 aliphatic carbocycles. The Morgan fingerprint density at radius 1 is 1.40 bits per heavy atom. The van der Waals surface area contributed by atoms with E-state index in [1.165, 1.54) is 12.1 Å². The highest BCUT2D eigenvalue weighted by atomic mass is 79.9. The van der Waals surface area contributed by atoms with Crippen molar-refractivity contribution < 1.29 is 0 Å². The molecule has 3 heteroatoms. The summed E-state index contributed by atoms with van der Waals surface area (Å²) in [5.41, 5.74) is 1.39. The average Bonchev–Trinajstić information content (AvgIpc) is 2.30. The SMILES string of the molecule is CCN1CCN[C@H](c2ccc(Br)cc2)C1. The quantitative estimate of drug-likeness (QED) is 0.887. The van der Waals surface area contributed by atoms with Crippen LogP contribution in [0.3, 0.4) is 0 Å². The lowest BCUT2D eigenvalue weighted by atomic mass is 10.0. The first-order valence-corrected chi connectivity index (χ1v) is 6.30. The van der Waals surface area contributed by atoms with E-state index in [0.717, 1.165) is 24.1 Å². The lowest BCUT2D eigenvalue weighted by molar-refractivity contribution is 0.210. The smallest absolute Gasteiger partial charge is 0.0449 e. The van der Waals surface area contributed by atoms with Crippen molar-refractivity contribution >= 4 is 15.9 Å². The zero-order valence-electron chi connectivity index (χ0n) is 9.04. The molecule has 15 heavy (non-hydrogen) atoms. The second-order valence-corrected chi connectivity index (χ2v) is 4.87. The van der Waals surface area contributed by atoms with Gasteiger partial charge in [-0.25, -0.2) is 0 Å². The Bertz CT molecular complexity index is 310. The predicted molar refractivity (Wildman–Crippen MR) is 67.0 cm³/mol. The summed E-state index contributed by atoms with van der Waals surface area (Å²) in [6, 6.07) is 9.11. The summed E-state index contributed by atoms with van der Waals surface area (Å²) in [7, 11) is 0. The van der Waals surface area contributed by atoms with Crippen molar-refractivity contribution in [2.24, 2.45) is 0 Å². The van der Waals surface area contributed by atoms with E-state index < -0.39 is 0 Å². The zero-order valence-corrected chi connectivity index (χ0v) is 10.6. The first-order valence-electron chi connectivity index (χ1n) is 5.51. The Balaban J connectivity index is 2.06. The molecule has 82 valence electrons. The molecule has 1 aromatic carbocycles. The Kier molecular flexibility index (Phi) is 3.78. The molecular weight excluding hydrogens is 252 g/mol. The fraction of sp³-hybridized carbons (Fsp3) is 0.500. The molecule has 0 radical (unpaired) electrons. The highest BCUT2D eigenvalue weighted by Gasteiger charge is 2.18. The minimum atomic E-state index is 0.492. The van der Waals surface area contributed by atoms with Gasteiger partial charge in [0, 0.05) is 30.1 Å². The van der Waals surface area contributed by atoms with Crippen LogP contribution in [0.5, 0.6) is 0 Å². The van der Waals surface area contributed by atoms with Gasteiger partial charge in [0.05, 0.1) is 0 Å². The number of likely N-dealkylation sites (N-methyl/N-ethyl adjacent to an activating group) is 1. The molecule has 0 unspecified atom stereocenters. The molecule has 1 aliphatic heterocycles. The van der Waals surface area contributed by atoms with Crippen LogP contribution < -0.4 is 5.32 Å². The van der Waals surface area contributed by atoms with Crippen molar-refractivity contribution in [2.45, 2.75) is 13.0 Å². The van der Waals surface area contributed by atoms with Crippen LogP contribution in [-0.2, 0) is 0 Å². The fourth-order valence-corrected chi connectivity index (χ4v) is 2.28. The second kappa shape index (κ2) is 5.10. The van der Waals surface area contributed by atoms with E-state index in [4.69, 9.17) is 0 Å². The number of halogens is 1. The van der Waals surface area contributed by atoms with Crippen molar-refractivity contribution in [2.75, 3.05) is 26.2 Å². The van der Waals surface area contributed by atoms with Crippen LogP contribution in [0.1, 0.15) is 18.5 Å². The fourth-order valence-electron chi connectivity index (χ4n) is 2.02. The molecule has 2 rings (SSSR count). The third-order valence-corrected chi connectivity index (χ3v) is 3.51. The van der Waals surface area contributed by atoms with E-state index in [9.17, 15) is 0 Å². The summed E-state index contributed by atoms with van der Waals surface area (Å²) < 4.78 is 1.15. The summed E-state index contributed by atoms with van der Waals surface area (Å²) in [5.74, 6) is 0. The van der Waals surface area contributed by atoms with Crippen LogP contribution in [0.25, 0.3) is 0 Å². The Morgan fingerprint density at radius 3 is 2.80 bits per heavy atom. The van der Waals surface area contributed by atoms with Gasteiger partial charge in [-0.1, -0.05) is 35.0 Å². The van der Waals surface area contributed by atoms with Gasteiger partial charge in [-0.2, -0.15) is 0 Å². The van der Waals surface area contributed by atoms with Gasteiger partial charge in [0.25, 0.3) is 0 Å². The summed E-state index contributed by atoms with van der Waals surface area (Å²) >= 11 is 3.46.